The van der Waals surface area contributed by atoms with Gasteiger partial charge in [-0.05, 0) is 58.5 Å². The average molecular weight is 512 g/mol. The fourth-order valence-electron chi connectivity index (χ4n) is 3.64. The first-order valence-electron chi connectivity index (χ1n) is 11.3. The minimum Gasteiger partial charge on any atom is -0.495 e. The maximum atomic E-state index is 13.1. The average Bonchev–Trinajstić information content (AvgIpc) is 2.86. The standard InChI is InChI=1S/C28H33NO6S/c1-28(2,3)21-11-13-22(14-12-21)36(30,31)29-23-16-19(10-15-24(23)32-4)8-9-20-17-25(33-5)27(35-7)26(18-20)34-6/h8-18,29H,1-7H3/b9-8-. The van der Waals surface area contributed by atoms with Crippen molar-refractivity contribution < 1.29 is 27.4 Å². The molecule has 3 aromatic rings. The summed E-state index contributed by atoms with van der Waals surface area (Å²) in [6, 6.07) is 15.8. The summed E-state index contributed by atoms with van der Waals surface area (Å²) >= 11 is 0. The van der Waals surface area contributed by atoms with Crippen LogP contribution in [-0.2, 0) is 15.4 Å². The van der Waals surface area contributed by atoms with Crippen LogP contribution in [-0.4, -0.2) is 36.9 Å². The molecule has 7 nitrogen and oxygen atoms in total. The molecule has 0 saturated carbocycles. The Morgan fingerprint density at radius 2 is 1.25 bits per heavy atom. The summed E-state index contributed by atoms with van der Waals surface area (Å²) in [5, 5.41) is 0. The monoisotopic (exact) mass is 511 g/mol. The number of rotatable bonds is 9. The van der Waals surface area contributed by atoms with Gasteiger partial charge in [-0.15, -0.1) is 0 Å². The van der Waals surface area contributed by atoms with Crippen molar-refractivity contribution >= 4 is 27.9 Å². The summed E-state index contributed by atoms with van der Waals surface area (Å²) in [5.41, 5.74) is 2.91. The van der Waals surface area contributed by atoms with Gasteiger partial charge in [-0.2, -0.15) is 0 Å². The van der Waals surface area contributed by atoms with Crippen LogP contribution < -0.4 is 23.7 Å². The molecular formula is C28H33NO6S. The van der Waals surface area contributed by atoms with E-state index in [1.807, 2.05) is 42.5 Å². The number of benzene rings is 3. The van der Waals surface area contributed by atoms with Crippen LogP contribution in [0.4, 0.5) is 5.69 Å². The lowest BCUT2D eigenvalue weighted by Gasteiger charge is -2.19. The molecule has 0 fully saturated rings. The van der Waals surface area contributed by atoms with Gasteiger partial charge < -0.3 is 18.9 Å². The van der Waals surface area contributed by atoms with E-state index >= 15 is 0 Å². The van der Waals surface area contributed by atoms with E-state index in [1.165, 1.54) is 7.11 Å². The van der Waals surface area contributed by atoms with Crippen molar-refractivity contribution in [3.8, 4) is 23.0 Å². The van der Waals surface area contributed by atoms with E-state index in [0.29, 0.717) is 28.7 Å². The zero-order valence-electron chi connectivity index (χ0n) is 21.7. The van der Waals surface area contributed by atoms with Crippen molar-refractivity contribution in [3.05, 3.63) is 71.3 Å². The quantitative estimate of drug-likeness (QED) is 0.355. The Bertz CT molecular complexity index is 1310. The predicted molar refractivity (Wildman–Crippen MR) is 144 cm³/mol. The maximum Gasteiger partial charge on any atom is 0.262 e. The number of hydrogen-bond donors (Lipinski definition) is 1. The summed E-state index contributed by atoms with van der Waals surface area (Å²) in [6.07, 6.45) is 3.73. The van der Waals surface area contributed by atoms with Gasteiger partial charge in [0.25, 0.3) is 10.0 Å². The van der Waals surface area contributed by atoms with E-state index in [9.17, 15) is 8.42 Å². The second kappa shape index (κ2) is 11.0. The summed E-state index contributed by atoms with van der Waals surface area (Å²) in [4.78, 5) is 0.177. The van der Waals surface area contributed by atoms with Crippen molar-refractivity contribution in [3.63, 3.8) is 0 Å². The van der Waals surface area contributed by atoms with Crippen LogP contribution >= 0.6 is 0 Å². The van der Waals surface area contributed by atoms with Crippen LogP contribution in [0.1, 0.15) is 37.5 Å². The van der Waals surface area contributed by atoms with Gasteiger partial charge in [0.15, 0.2) is 11.5 Å². The molecule has 3 aromatic carbocycles. The normalized spacial score (nSPS) is 11.9. The van der Waals surface area contributed by atoms with Gasteiger partial charge in [0.05, 0.1) is 39.0 Å². The first kappa shape index (κ1) is 26.9. The molecule has 0 aliphatic heterocycles. The third-order valence-corrected chi connectivity index (χ3v) is 7.04. The summed E-state index contributed by atoms with van der Waals surface area (Å²) in [7, 11) is 2.35. The van der Waals surface area contributed by atoms with E-state index in [2.05, 4.69) is 25.5 Å². The van der Waals surface area contributed by atoms with Crippen molar-refractivity contribution in [2.24, 2.45) is 0 Å². The molecular weight excluding hydrogens is 478 g/mol. The van der Waals surface area contributed by atoms with Gasteiger partial charge in [0.1, 0.15) is 5.75 Å². The highest BCUT2D eigenvalue weighted by Crippen LogP contribution is 2.39. The molecule has 0 radical (unpaired) electrons. The highest BCUT2D eigenvalue weighted by Gasteiger charge is 2.19. The van der Waals surface area contributed by atoms with Gasteiger partial charge in [-0.1, -0.05) is 51.1 Å². The molecule has 0 amide bonds. The van der Waals surface area contributed by atoms with Gasteiger partial charge in [-0.3, -0.25) is 4.72 Å². The first-order valence-corrected chi connectivity index (χ1v) is 12.8. The van der Waals surface area contributed by atoms with E-state index < -0.39 is 10.0 Å². The lowest BCUT2D eigenvalue weighted by molar-refractivity contribution is 0.324. The Morgan fingerprint density at radius 3 is 1.75 bits per heavy atom. The number of ether oxygens (including phenoxy) is 4. The molecule has 36 heavy (non-hydrogen) atoms. The molecule has 1 N–H and O–H groups in total. The van der Waals surface area contributed by atoms with E-state index in [-0.39, 0.29) is 10.3 Å². The van der Waals surface area contributed by atoms with Crippen LogP contribution in [0.5, 0.6) is 23.0 Å². The number of methoxy groups -OCH3 is 4. The topological polar surface area (TPSA) is 83.1 Å². The lowest BCUT2D eigenvalue weighted by Crippen LogP contribution is -2.15. The van der Waals surface area contributed by atoms with Crippen LogP contribution in [0.25, 0.3) is 12.2 Å². The highest BCUT2D eigenvalue weighted by molar-refractivity contribution is 7.92. The predicted octanol–water partition coefficient (Wildman–Crippen LogP) is 5.99. The fraction of sp³-hybridized carbons (Fsp3) is 0.286. The van der Waals surface area contributed by atoms with Crippen LogP contribution in [0, 0.1) is 0 Å². The SMILES string of the molecule is COc1ccc(/C=C\c2cc(OC)c(OC)c(OC)c2)cc1NS(=O)(=O)c1ccc(C(C)(C)C)cc1. The molecule has 3 rings (SSSR count). The second-order valence-corrected chi connectivity index (χ2v) is 10.8. The third-order valence-electron chi connectivity index (χ3n) is 5.65. The molecule has 0 atom stereocenters. The molecule has 0 unspecified atom stereocenters. The van der Waals surface area contributed by atoms with Crippen LogP contribution in [0.2, 0.25) is 0 Å². The van der Waals surface area contributed by atoms with Crippen molar-refractivity contribution in [1.29, 1.82) is 0 Å². The summed E-state index contributed by atoms with van der Waals surface area (Å²) in [6.45, 7) is 6.24. The molecule has 0 bridgehead atoms. The van der Waals surface area contributed by atoms with Gasteiger partial charge in [-0.25, -0.2) is 8.42 Å². The highest BCUT2D eigenvalue weighted by atomic mass is 32.2. The van der Waals surface area contributed by atoms with Crippen LogP contribution in [0.3, 0.4) is 0 Å². The lowest BCUT2D eigenvalue weighted by atomic mass is 9.87. The molecule has 0 spiro atoms. The summed E-state index contributed by atoms with van der Waals surface area (Å²) < 4.78 is 50.4. The molecule has 0 aliphatic rings. The Labute approximate surface area is 213 Å². The Hall–Kier alpha value is -3.65. The molecule has 0 aliphatic carbocycles. The van der Waals surface area contributed by atoms with Gasteiger partial charge >= 0.3 is 0 Å². The Balaban J connectivity index is 1.91. The van der Waals surface area contributed by atoms with Crippen molar-refractivity contribution in [1.82, 2.24) is 0 Å². The zero-order valence-corrected chi connectivity index (χ0v) is 22.5. The largest absolute Gasteiger partial charge is 0.495 e. The second-order valence-electron chi connectivity index (χ2n) is 9.13. The maximum absolute atomic E-state index is 13.1. The number of hydrogen-bond acceptors (Lipinski definition) is 6. The minimum atomic E-state index is -3.82. The molecule has 0 saturated heterocycles. The Morgan fingerprint density at radius 1 is 0.694 bits per heavy atom. The first-order chi connectivity index (χ1) is 17.0. The van der Waals surface area contributed by atoms with Crippen molar-refractivity contribution in [2.45, 2.75) is 31.1 Å². The molecule has 0 aromatic heterocycles. The fourth-order valence-corrected chi connectivity index (χ4v) is 4.70. The van der Waals surface area contributed by atoms with E-state index in [0.717, 1.165) is 16.7 Å². The summed E-state index contributed by atoms with van der Waals surface area (Å²) in [5.74, 6) is 2.00. The number of anilines is 1. The zero-order chi connectivity index (χ0) is 26.5. The minimum absolute atomic E-state index is 0.0719. The van der Waals surface area contributed by atoms with Gasteiger partial charge in [0, 0.05) is 0 Å². The smallest absolute Gasteiger partial charge is 0.262 e. The molecule has 0 heterocycles. The van der Waals surface area contributed by atoms with Gasteiger partial charge in [0.2, 0.25) is 5.75 Å². The third kappa shape index (κ3) is 6.12. The molecule has 192 valence electrons. The Kier molecular flexibility index (Phi) is 8.20. The van der Waals surface area contributed by atoms with E-state index in [4.69, 9.17) is 18.9 Å². The van der Waals surface area contributed by atoms with Crippen molar-refractivity contribution in [2.75, 3.05) is 33.2 Å². The number of sulfonamides is 1. The number of nitrogens with one attached hydrogen (secondary N) is 1. The molecule has 8 heteroatoms. The van der Waals surface area contributed by atoms with Crippen LogP contribution in [0.15, 0.2) is 59.5 Å². The van der Waals surface area contributed by atoms with E-state index in [1.54, 1.807) is 45.6 Å².